The first-order valence-corrected chi connectivity index (χ1v) is 8.35. The molecule has 1 aromatic rings. The van der Waals surface area contributed by atoms with Gasteiger partial charge in [-0.05, 0) is 49.3 Å². The van der Waals surface area contributed by atoms with Crippen molar-refractivity contribution in [2.45, 2.75) is 44.6 Å². The maximum absolute atomic E-state index is 13.6. The molecule has 124 valence electrons. The van der Waals surface area contributed by atoms with E-state index in [-0.39, 0.29) is 17.8 Å². The van der Waals surface area contributed by atoms with Gasteiger partial charge in [-0.2, -0.15) is 0 Å². The summed E-state index contributed by atoms with van der Waals surface area (Å²) < 4.78 is 13.6. The molecule has 2 aliphatic carbocycles. The van der Waals surface area contributed by atoms with E-state index in [0.717, 1.165) is 31.2 Å². The average Bonchev–Trinajstić information content (AvgIpc) is 2.96. The number of aliphatic carboxylic acids is 1. The number of benzene rings is 1. The van der Waals surface area contributed by atoms with Crippen molar-refractivity contribution in [2.75, 3.05) is 0 Å². The van der Waals surface area contributed by atoms with E-state index in [1.165, 1.54) is 12.1 Å². The number of rotatable bonds is 5. The minimum Gasteiger partial charge on any atom is -0.481 e. The van der Waals surface area contributed by atoms with Crippen molar-refractivity contribution < 1.29 is 19.1 Å². The first kappa shape index (κ1) is 16.0. The number of hydrogen-bond donors (Lipinski definition) is 2. The summed E-state index contributed by atoms with van der Waals surface area (Å²) in [5, 5.41) is 12.1. The zero-order chi connectivity index (χ0) is 16.4. The largest absolute Gasteiger partial charge is 0.481 e. The van der Waals surface area contributed by atoms with Crippen LogP contribution in [-0.2, 0) is 9.59 Å². The van der Waals surface area contributed by atoms with Gasteiger partial charge in [-0.1, -0.05) is 25.0 Å². The highest BCUT2D eigenvalue weighted by Gasteiger charge is 2.42. The van der Waals surface area contributed by atoms with Crippen LogP contribution in [0.4, 0.5) is 4.39 Å². The molecule has 0 aliphatic heterocycles. The zero-order valence-electron chi connectivity index (χ0n) is 13.0. The lowest BCUT2D eigenvalue weighted by Crippen LogP contribution is -2.46. The third-order valence-electron chi connectivity index (χ3n) is 5.31. The molecule has 23 heavy (non-hydrogen) atoms. The van der Waals surface area contributed by atoms with Crippen molar-refractivity contribution in [3.8, 4) is 0 Å². The van der Waals surface area contributed by atoms with Gasteiger partial charge in [0.25, 0.3) is 0 Å². The van der Waals surface area contributed by atoms with Crippen LogP contribution in [0.5, 0.6) is 0 Å². The lowest BCUT2D eigenvalue weighted by molar-refractivity contribution is -0.153. The number of nitrogens with one attached hydrogen (secondary N) is 1. The number of halogens is 1. The molecule has 1 aromatic carbocycles. The Kier molecular flexibility index (Phi) is 4.64. The van der Waals surface area contributed by atoms with Crippen LogP contribution in [-0.4, -0.2) is 17.0 Å². The Balaban J connectivity index is 1.76. The molecule has 2 fully saturated rings. The summed E-state index contributed by atoms with van der Waals surface area (Å²) in [4.78, 5) is 23.6. The summed E-state index contributed by atoms with van der Waals surface area (Å²) in [5.41, 5.74) is 0.774. The Morgan fingerprint density at radius 3 is 2.39 bits per heavy atom. The molecular weight excluding hydrogens is 297 g/mol. The molecule has 0 saturated heterocycles. The highest BCUT2D eigenvalue weighted by atomic mass is 19.1. The van der Waals surface area contributed by atoms with Crippen LogP contribution < -0.4 is 5.32 Å². The summed E-state index contributed by atoms with van der Waals surface area (Å²) >= 11 is 0. The molecule has 3 unspecified atom stereocenters. The lowest BCUT2D eigenvalue weighted by Gasteiger charge is -2.34. The second-order valence-electron chi connectivity index (χ2n) is 6.71. The Morgan fingerprint density at radius 1 is 1.13 bits per heavy atom. The van der Waals surface area contributed by atoms with Crippen molar-refractivity contribution in [3.05, 3.63) is 35.6 Å². The van der Waals surface area contributed by atoms with Crippen molar-refractivity contribution in [3.63, 3.8) is 0 Å². The van der Waals surface area contributed by atoms with Crippen LogP contribution in [0.15, 0.2) is 24.3 Å². The number of carbonyl (C=O) groups is 2. The molecule has 0 radical (unpaired) electrons. The maximum Gasteiger partial charge on any atom is 0.307 e. The molecular formula is C18H22FNO3. The van der Waals surface area contributed by atoms with Gasteiger partial charge in [0.15, 0.2) is 0 Å². The first-order valence-electron chi connectivity index (χ1n) is 8.35. The second kappa shape index (κ2) is 6.69. The number of amides is 1. The Labute approximate surface area is 135 Å². The molecule has 4 nitrogen and oxygen atoms in total. The maximum atomic E-state index is 13.6. The standard InChI is InChI=1S/C18H22FNO3/c19-13-7-3-6-12(10-13)16(11-4-1-2-5-11)20-17(21)14-8-9-15(14)18(22)23/h3,6-7,10-11,14-16H,1-2,4-5,8-9H2,(H,20,21)(H,22,23). The van der Waals surface area contributed by atoms with Gasteiger partial charge in [0, 0.05) is 0 Å². The monoisotopic (exact) mass is 319 g/mol. The molecule has 3 rings (SSSR count). The highest BCUT2D eigenvalue weighted by molar-refractivity contribution is 5.86. The molecule has 3 atom stereocenters. The van der Waals surface area contributed by atoms with Gasteiger partial charge in [-0.3, -0.25) is 9.59 Å². The highest BCUT2D eigenvalue weighted by Crippen LogP contribution is 2.38. The Hall–Kier alpha value is -1.91. The minimum atomic E-state index is -0.903. The fraction of sp³-hybridized carbons (Fsp3) is 0.556. The normalized spacial score (nSPS) is 25.6. The van der Waals surface area contributed by atoms with E-state index in [2.05, 4.69) is 5.32 Å². The van der Waals surface area contributed by atoms with Gasteiger partial charge in [0.1, 0.15) is 5.82 Å². The van der Waals surface area contributed by atoms with Crippen LogP contribution >= 0.6 is 0 Å². The van der Waals surface area contributed by atoms with Gasteiger partial charge in [0.05, 0.1) is 17.9 Å². The van der Waals surface area contributed by atoms with Gasteiger partial charge in [-0.25, -0.2) is 4.39 Å². The van der Waals surface area contributed by atoms with Crippen LogP contribution in [0.3, 0.4) is 0 Å². The Morgan fingerprint density at radius 2 is 1.83 bits per heavy atom. The van der Waals surface area contributed by atoms with Gasteiger partial charge < -0.3 is 10.4 Å². The van der Waals surface area contributed by atoms with Crippen LogP contribution in [0.2, 0.25) is 0 Å². The van der Waals surface area contributed by atoms with Gasteiger partial charge in [0.2, 0.25) is 5.91 Å². The molecule has 2 aliphatic rings. The summed E-state index contributed by atoms with van der Waals surface area (Å²) in [6, 6.07) is 6.13. The summed E-state index contributed by atoms with van der Waals surface area (Å²) in [7, 11) is 0. The fourth-order valence-corrected chi connectivity index (χ4v) is 3.83. The van der Waals surface area contributed by atoms with Crippen LogP contribution in [0, 0.1) is 23.6 Å². The van der Waals surface area contributed by atoms with Crippen molar-refractivity contribution in [1.29, 1.82) is 0 Å². The van der Waals surface area contributed by atoms with Gasteiger partial charge in [-0.15, -0.1) is 0 Å². The number of carboxylic acid groups (broad SMARTS) is 1. The van der Waals surface area contributed by atoms with Gasteiger partial charge >= 0.3 is 5.97 Å². The fourth-order valence-electron chi connectivity index (χ4n) is 3.83. The molecule has 0 bridgehead atoms. The summed E-state index contributed by atoms with van der Waals surface area (Å²) in [5.74, 6) is -2.16. The third-order valence-corrected chi connectivity index (χ3v) is 5.31. The molecule has 5 heteroatoms. The van der Waals surface area contributed by atoms with E-state index in [4.69, 9.17) is 5.11 Å². The number of carbonyl (C=O) groups excluding carboxylic acids is 1. The molecule has 2 saturated carbocycles. The van der Waals surface area contributed by atoms with Crippen LogP contribution in [0.25, 0.3) is 0 Å². The lowest BCUT2D eigenvalue weighted by atomic mass is 9.73. The number of hydrogen-bond acceptors (Lipinski definition) is 2. The Bertz CT molecular complexity index is 598. The van der Waals surface area contributed by atoms with Crippen molar-refractivity contribution in [1.82, 2.24) is 5.32 Å². The zero-order valence-corrected chi connectivity index (χ0v) is 13.0. The van der Waals surface area contributed by atoms with E-state index in [1.807, 2.05) is 6.07 Å². The van der Waals surface area contributed by atoms with Crippen LogP contribution in [0.1, 0.15) is 50.1 Å². The van der Waals surface area contributed by atoms with Crippen molar-refractivity contribution in [2.24, 2.45) is 17.8 Å². The van der Waals surface area contributed by atoms with E-state index in [0.29, 0.717) is 18.8 Å². The quantitative estimate of drug-likeness (QED) is 0.875. The predicted octanol–water partition coefficient (Wildman–Crippen LogP) is 3.28. The first-order chi connectivity index (χ1) is 11.1. The molecule has 2 N–H and O–H groups in total. The number of carboxylic acids is 1. The van der Waals surface area contributed by atoms with E-state index < -0.39 is 17.8 Å². The van der Waals surface area contributed by atoms with E-state index >= 15 is 0 Å². The minimum absolute atomic E-state index is 0.204. The third kappa shape index (κ3) is 3.38. The predicted molar refractivity (Wildman–Crippen MR) is 83.1 cm³/mol. The molecule has 0 heterocycles. The summed E-state index contributed by atoms with van der Waals surface area (Å²) in [6.45, 7) is 0. The van der Waals surface area contributed by atoms with Crippen molar-refractivity contribution >= 4 is 11.9 Å². The van der Waals surface area contributed by atoms with E-state index in [1.54, 1.807) is 6.07 Å². The second-order valence-corrected chi connectivity index (χ2v) is 6.71. The topological polar surface area (TPSA) is 66.4 Å². The molecule has 0 aromatic heterocycles. The smallest absolute Gasteiger partial charge is 0.307 e. The van der Waals surface area contributed by atoms with E-state index in [9.17, 15) is 14.0 Å². The molecule has 1 amide bonds. The SMILES string of the molecule is O=C(O)C1CCC1C(=O)NC(c1cccc(F)c1)C1CCCC1. The summed E-state index contributed by atoms with van der Waals surface area (Å²) in [6.07, 6.45) is 5.43. The average molecular weight is 319 g/mol. The molecule has 0 spiro atoms.